The van der Waals surface area contributed by atoms with Gasteiger partial charge in [0.15, 0.2) is 0 Å². The van der Waals surface area contributed by atoms with Crippen LogP contribution in [0, 0.1) is 5.92 Å². The minimum Gasteiger partial charge on any atom is -0.325 e. The number of carbonyl (C=O) groups excluding carboxylic acids is 1. The van der Waals surface area contributed by atoms with Gasteiger partial charge in [0.2, 0.25) is 5.91 Å². The third-order valence-corrected chi connectivity index (χ3v) is 4.51. The van der Waals surface area contributed by atoms with Gasteiger partial charge in [-0.05, 0) is 43.6 Å². The highest BCUT2D eigenvalue weighted by molar-refractivity contribution is 7.98. The maximum absolute atomic E-state index is 12.3. The lowest BCUT2D eigenvalue weighted by Gasteiger charge is -2.27. The second-order valence-electron chi connectivity index (χ2n) is 5.61. The van der Waals surface area contributed by atoms with Crippen LogP contribution in [0.15, 0.2) is 0 Å². The molecule has 0 radical (unpaired) electrons. The van der Waals surface area contributed by atoms with Gasteiger partial charge >= 0.3 is 0 Å². The number of amides is 1. The molecule has 0 aromatic carbocycles. The van der Waals surface area contributed by atoms with E-state index in [0.29, 0.717) is 11.8 Å². The number of hydrogen-bond acceptors (Lipinski definition) is 3. The topological polar surface area (TPSA) is 32.3 Å². The molecule has 3 nitrogen and oxygen atoms in total. The lowest BCUT2D eigenvalue weighted by Crippen LogP contribution is -2.42. The van der Waals surface area contributed by atoms with Crippen molar-refractivity contribution < 1.29 is 4.79 Å². The van der Waals surface area contributed by atoms with Gasteiger partial charge in [0.25, 0.3) is 0 Å². The van der Waals surface area contributed by atoms with Crippen LogP contribution >= 0.6 is 11.8 Å². The van der Waals surface area contributed by atoms with Crippen LogP contribution in [-0.2, 0) is 4.79 Å². The second kappa shape index (κ2) is 5.19. The molecule has 1 N–H and O–H groups in total. The zero-order chi connectivity index (χ0) is 12.5. The summed E-state index contributed by atoms with van der Waals surface area (Å²) in [6.45, 7) is 5.32. The third kappa shape index (κ3) is 2.63. The van der Waals surface area contributed by atoms with Crippen molar-refractivity contribution in [1.29, 1.82) is 0 Å². The molecule has 1 amide bonds. The molecule has 2 fully saturated rings. The molecular formula is C13H24N2OS. The first-order valence-electron chi connectivity index (χ1n) is 6.68. The fraction of sp³-hybridized carbons (Fsp3) is 0.923. The highest BCUT2D eigenvalue weighted by Crippen LogP contribution is 2.43. The Bertz CT molecular complexity index is 289. The van der Waals surface area contributed by atoms with Crippen molar-refractivity contribution in [1.82, 2.24) is 10.2 Å². The largest absolute Gasteiger partial charge is 0.325 e. The lowest BCUT2D eigenvalue weighted by atomic mass is 10.1. The quantitative estimate of drug-likeness (QED) is 0.739. The first-order chi connectivity index (χ1) is 8.10. The number of thioether (sulfide) groups is 1. The summed E-state index contributed by atoms with van der Waals surface area (Å²) in [4.78, 5) is 14.4. The van der Waals surface area contributed by atoms with Gasteiger partial charge in [-0.1, -0.05) is 13.8 Å². The second-order valence-corrected chi connectivity index (χ2v) is 6.60. The van der Waals surface area contributed by atoms with Crippen molar-refractivity contribution in [3.63, 3.8) is 0 Å². The van der Waals surface area contributed by atoms with Crippen molar-refractivity contribution in [3.05, 3.63) is 0 Å². The summed E-state index contributed by atoms with van der Waals surface area (Å²) >= 11 is 1.89. The number of unbranched alkanes of at least 4 members (excludes halogenated alkanes) is 1. The Hall–Kier alpha value is -0.220. The zero-order valence-corrected chi connectivity index (χ0v) is 12.0. The van der Waals surface area contributed by atoms with Gasteiger partial charge in [0.05, 0.1) is 11.7 Å². The Morgan fingerprint density at radius 3 is 2.71 bits per heavy atom. The smallest absolute Gasteiger partial charge is 0.244 e. The van der Waals surface area contributed by atoms with Crippen molar-refractivity contribution >= 4 is 17.7 Å². The number of carbonyl (C=O) groups is 1. The monoisotopic (exact) mass is 256 g/mol. The van der Waals surface area contributed by atoms with Crippen LogP contribution in [0.3, 0.4) is 0 Å². The normalized spacial score (nSPS) is 26.2. The van der Waals surface area contributed by atoms with Crippen LogP contribution in [0.25, 0.3) is 0 Å². The van der Waals surface area contributed by atoms with Crippen LogP contribution in [0.1, 0.15) is 39.5 Å². The zero-order valence-electron chi connectivity index (χ0n) is 11.2. The molecule has 1 atom stereocenters. The molecule has 0 aromatic heterocycles. The predicted octanol–water partition coefficient (Wildman–Crippen LogP) is 2.08. The summed E-state index contributed by atoms with van der Waals surface area (Å²) in [6, 6.07) is 0. The summed E-state index contributed by atoms with van der Waals surface area (Å²) in [6.07, 6.45) is 6.82. The number of hydrogen-bond donors (Lipinski definition) is 1. The van der Waals surface area contributed by atoms with Crippen molar-refractivity contribution in [2.75, 3.05) is 18.6 Å². The molecule has 0 bridgehead atoms. The molecule has 1 unspecified atom stereocenters. The molecule has 1 heterocycles. The summed E-state index contributed by atoms with van der Waals surface area (Å²) in [5.74, 6) is 2.06. The van der Waals surface area contributed by atoms with E-state index < -0.39 is 0 Å². The molecular weight excluding hydrogens is 232 g/mol. The first kappa shape index (κ1) is 13.2. The molecule has 17 heavy (non-hydrogen) atoms. The maximum atomic E-state index is 12.3. The summed E-state index contributed by atoms with van der Waals surface area (Å²) in [5, 5.41) is 3.55. The first-order valence-corrected chi connectivity index (χ1v) is 8.08. The minimum atomic E-state index is -0.144. The molecule has 1 saturated carbocycles. The SMILES string of the molecule is CSCCCCN1C(=O)C2(CC2)NC1C(C)C. The van der Waals surface area contributed by atoms with E-state index in [1.165, 1.54) is 12.2 Å². The molecule has 0 aromatic rings. The average Bonchev–Trinajstić information content (AvgIpc) is 3.01. The van der Waals surface area contributed by atoms with E-state index >= 15 is 0 Å². The fourth-order valence-electron chi connectivity index (χ4n) is 2.60. The van der Waals surface area contributed by atoms with Crippen LogP contribution < -0.4 is 5.32 Å². The third-order valence-electron chi connectivity index (χ3n) is 3.81. The average molecular weight is 256 g/mol. The van der Waals surface area contributed by atoms with Crippen LogP contribution in [0.2, 0.25) is 0 Å². The Morgan fingerprint density at radius 2 is 2.18 bits per heavy atom. The van der Waals surface area contributed by atoms with Crippen LogP contribution in [-0.4, -0.2) is 41.1 Å². The Kier molecular flexibility index (Phi) is 4.03. The summed E-state index contributed by atoms with van der Waals surface area (Å²) in [7, 11) is 0. The summed E-state index contributed by atoms with van der Waals surface area (Å²) in [5.41, 5.74) is -0.144. The molecule has 2 aliphatic rings. The van der Waals surface area contributed by atoms with Crippen molar-refractivity contribution in [2.45, 2.75) is 51.2 Å². The lowest BCUT2D eigenvalue weighted by molar-refractivity contribution is -0.131. The molecule has 1 spiro atoms. The Morgan fingerprint density at radius 1 is 1.47 bits per heavy atom. The van der Waals surface area contributed by atoms with Gasteiger partial charge < -0.3 is 4.90 Å². The van der Waals surface area contributed by atoms with Gasteiger partial charge in [-0.15, -0.1) is 0 Å². The van der Waals surface area contributed by atoms with Crippen LogP contribution in [0.5, 0.6) is 0 Å². The van der Waals surface area contributed by atoms with E-state index in [0.717, 1.165) is 25.8 Å². The highest BCUT2D eigenvalue weighted by atomic mass is 32.2. The number of rotatable bonds is 6. The van der Waals surface area contributed by atoms with Crippen molar-refractivity contribution in [3.8, 4) is 0 Å². The maximum Gasteiger partial charge on any atom is 0.244 e. The number of nitrogens with one attached hydrogen (secondary N) is 1. The molecule has 1 saturated heterocycles. The van der Waals surface area contributed by atoms with Crippen LogP contribution in [0.4, 0.5) is 0 Å². The highest BCUT2D eigenvalue weighted by Gasteiger charge is 2.59. The molecule has 1 aliphatic heterocycles. The standard InChI is InChI=1S/C13H24N2OS/c1-10(2)11-14-13(6-7-13)12(16)15(11)8-4-5-9-17-3/h10-11,14H,4-9H2,1-3H3. The predicted molar refractivity (Wildman–Crippen MR) is 73.1 cm³/mol. The van der Waals surface area contributed by atoms with Crippen molar-refractivity contribution in [2.24, 2.45) is 5.92 Å². The van der Waals surface area contributed by atoms with E-state index in [4.69, 9.17) is 0 Å². The number of nitrogens with zero attached hydrogens (tertiary/aromatic N) is 1. The van der Waals surface area contributed by atoms with E-state index in [-0.39, 0.29) is 11.7 Å². The summed E-state index contributed by atoms with van der Waals surface area (Å²) < 4.78 is 0. The van der Waals surface area contributed by atoms with Gasteiger partial charge in [0, 0.05) is 6.54 Å². The van der Waals surface area contributed by atoms with Gasteiger partial charge in [0.1, 0.15) is 0 Å². The van der Waals surface area contributed by atoms with Gasteiger partial charge in [-0.25, -0.2) is 0 Å². The Balaban J connectivity index is 1.90. The van der Waals surface area contributed by atoms with E-state index in [1.54, 1.807) is 0 Å². The molecule has 1 aliphatic carbocycles. The molecule has 2 rings (SSSR count). The molecule has 4 heteroatoms. The van der Waals surface area contributed by atoms with E-state index in [9.17, 15) is 4.79 Å². The molecule has 98 valence electrons. The fourth-order valence-corrected chi connectivity index (χ4v) is 3.10. The van der Waals surface area contributed by atoms with E-state index in [1.807, 2.05) is 11.8 Å². The van der Waals surface area contributed by atoms with E-state index in [2.05, 4.69) is 30.3 Å². The Labute approximate surface area is 109 Å². The van der Waals surface area contributed by atoms with Gasteiger partial charge in [-0.3, -0.25) is 10.1 Å². The van der Waals surface area contributed by atoms with Gasteiger partial charge in [-0.2, -0.15) is 11.8 Å². The minimum absolute atomic E-state index is 0.144.